The van der Waals surface area contributed by atoms with Crippen molar-refractivity contribution >= 4 is 17.0 Å². The molecule has 4 aromatic rings. The summed E-state index contributed by atoms with van der Waals surface area (Å²) in [6.07, 6.45) is 4.01. The average molecular weight is 574 g/mol. The molecule has 0 saturated heterocycles. The van der Waals surface area contributed by atoms with E-state index < -0.39 is 18.0 Å². The van der Waals surface area contributed by atoms with Crippen LogP contribution in [0.5, 0.6) is 5.75 Å². The third-order valence-electron chi connectivity index (χ3n) is 7.98. The second kappa shape index (κ2) is 14.9. The quantitative estimate of drug-likeness (QED) is 0.143. The van der Waals surface area contributed by atoms with Crippen LogP contribution in [0.25, 0.3) is 11.0 Å². The van der Waals surface area contributed by atoms with Gasteiger partial charge in [-0.15, -0.1) is 5.10 Å². The minimum atomic E-state index is -0.884. The van der Waals surface area contributed by atoms with Crippen molar-refractivity contribution in [3.8, 4) is 5.75 Å². The van der Waals surface area contributed by atoms with E-state index >= 15 is 0 Å². The van der Waals surface area contributed by atoms with E-state index in [0.717, 1.165) is 72.1 Å². The van der Waals surface area contributed by atoms with Gasteiger partial charge in [-0.05, 0) is 73.1 Å². The number of hydrogen-bond donors (Lipinski definition) is 2. The van der Waals surface area contributed by atoms with Gasteiger partial charge in [0.1, 0.15) is 11.3 Å². The predicted molar refractivity (Wildman–Crippen MR) is 164 cm³/mol. The van der Waals surface area contributed by atoms with Crippen molar-refractivity contribution in [1.29, 1.82) is 0 Å². The summed E-state index contributed by atoms with van der Waals surface area (Å²) >= 11 is 0. The smallest absolute Gasteiger partial charge is 0.304 e. The molecule has 224 valence electrons. The maximum Gasteiger partial charge on any atom is 0.304 e. The number of unbranched alkanes of at least 4 members (excludes halogenated alkanes) is 3. The first-order valence-corrected chi connectivity index (χ1v) is 14.9. The van der Waals surface area contributed by atoms with Crippen molar-refractivity contribution in [2.45, 2.75) is 84.5 Å². The zero-order valence-corrected chi connectivity index (χ0v) is 25.2. The van der Waals surface area contributed by atoms with Gasteiger partial charge in [-0.3, -0.25) is 4.79 Å². The standard InChI is InChI=1S/C34H43N3O5/c1-5-26-28(16-18-31(41-4)33(26)24(3)38)29(21-32(39)40)27-15-17-30-34(23(27)2)35-36-37(30)19-11-6-7-12-20-42-22-25-13-9-8-10-14-25/h8-10,13-18,24,29,38H,5-7,11-12,19-22H2,1-4H3,(H,39,40). The summed E-state index contributed by atoms with van der Waals surface area (Å²) < 4.78 is 13.3. The summed E-state index contributed by atoms with van der Waals surface area (Å²) in [7, 11) is 1.58. The van der Waals surface area contributed by atoms with Gasteiger partial charge >= 0.3 is 5.97 Å². The van der Waals surface area contributed by atoms with Crippen molar-refractivity contribution in [1.82, 2.24) is 15.0 Å². The van der Waals surface area contributed by atoms with E-state index in [4.69, 9.17) is 9.47 Å². The minimum Gasteiger partial charge on any atom is -0.496 e. The monoisotopic (exact) mass is 573 g/mol. The third kappa shape index (κ3) is 7.36. The number of fused-ring (bicyclic) bond motifs is 1. The zero-order chi connectivity index (χ0) is 30.1. The molecule has 2 atom stereocenters. The molecule has 8 nitrogen and oxygen atoms in total. The lowest BCUT2D eigenvalue weighted by Crippen LogP contribution is -2.14. The number of aliphatic hydroxyl groups excluding tert-OH is 1. The molecule has 4 rings (SSSR count). The summed E-state index contributed by atoms with van der Waals surface area (Å²) in [6.45, 7) is 7.90. The predicted octanol–water partition coefficient (Wildman–Crippen LogP) is 6.75. The molecular weight excluding hydrogens is 530 g/mol. The van der Waals surface area contributed by atoms with Gasteiger partial charge < -0.3 is 19.7 Å². The van der Waals surface area contributed by atoms with Crippen LogP contribution in [0.3, 0.4) is 0 Å². The molecule has 0 aliphatic rings. The van der Waals surface area contributed by atoms with Crippen LogP contribution in [0.2, 0.25) is 0 Å². The maximum absolute atomic E-state index is 12.1. The summed E-state index contributed by atoms with van der Waals surface area (Å²) in [5.41, 5.74) is 7.29. The third-order valence-corrected chi connectivity index (χ3v) is 7.98. The molecular formula is C34H43N3O5. The van der Waals surface area contributed by atoms with Crippen LogP contribution in [0, 0.1) is 6.92 Å². The van der Waals surface area contributed by atoms with Crippen LogP contribution in [0.4, 0.5) is 0 Å². The molecule has 1 aromatic heterocycles. The number of carboxylic acid groups (broad SMARTS) is 1. The van der Waals surface area contributed by atoms with Gasteiger partial charge in [0.05, 0.1) is 31.8 Å². The van der Waals surface area contributed by atoms with Crippen LogP contribution in [0.1, 0.15) is 91.4 Å². The van der Waals surface area contributed by atoms with Crippen LogP contribution in [-0.4, -0.2) is 44.9 Å². The van der Waals surface area contributed by atoms with Gasteiger partial charge in [0.2, 0.25) is 0 Å². The molecule has 0 bridgehead atoms. The number of rotatable bonds is 16. The van der Waals surface area contributed by atoms with Crippen molar-refractivity contribution < 1.29 is 24.5 Å². The summed E-state index contributed by atoms with van der Waals surface area (Å²) in [5, 5.41) is 29.4. The Morgan fingerprint density at radius 1 is 1.00 bits per heavy atom. The number of aromatic nitrogens is 3. The first-order valence-electron chi connectivity index (χ1n) is 14.9. The molecule has 42 heavy (non-hydrogen) atoms. The molecule has 0 amide bonds. The van der Waals surface area contributed by atoms with E-state index in [1.54, 1.807) is 14.0 Å². The first-order chi connectivity index (χ1) is 20.3. The van der Waals surface area contributed by atoms with E-state index in [0.29, 0.717) is 24.3 Å². The average Bonchev–Trinajstić information content (AvgIpc) is 3.41. The Kier molecular flexibility index (Phi) is 11.1. The molecule has 0 aliphatic heterocycles. The van der Waals surface area contributed by atoms with Gasteiger partial charge in [0.15, 0.2) is 0 Å². The lowest BCUT2D eigenvalue weighted by molar-refractivity contribution is -0.137. The topological polar surface area (TPSA) is 107 Å². The number of hydrogen-bond acceptors (Lipinski definition) is 6. The molecule has 0 radical (unpaired) electrons. The molecule has 0 spiro atoms. The van der Waals surface area contributed by atoms with E-state index in [2.05, 4.69) is 22.4 Å². The number of methoxy groups -OCH3 is 1. The fraction of sp³-hybridized carbons (Fsp3) is 0.441. The fourth-order valence-corrected chi connectivity index (χ4v) is 5.89. The van der Waals surface area contributed by atoms with Gasteiger partial charge in [-0.2, -0.15) is 0 Å². The number of nitrogens with zero attached hydrogens (tertiary/aromatic N) is 3. The van der Waals surface area contributed by atoms with Crippen LogP contribution < -0.4 is 4.74 Å². The summed E-state index contributed by atoms with van der Waals surface area (Å²) in [5.74, 6) is -0.681. The number of aryl methyl sites for hydroxylation is 2. The molecule has 2 N–H and O–H groups in total. The van der Waals surface area contributed by atoms with Gasteiger partial charge in [0, 0.05) is 24.6 Å². The summed E-state index contributed by atoms with van der Waals surface area (Å²) in [4.78, 5) is 12.1. The molecule has 3 aromatic carbocycles. The Morgan fingerprint density at radius 3 is 2.43 bits per heavy atom. The van der Waals surface area contributed by atoms with Crippen molar-refractivity contribution in [3.05, 3.63) is 88.0 Å². The normalized spacial score (nSPS) is 12.9. The number of carbonyl (C=O) groups is 1. The lowest BCUT2D eigenvalue weighted by atomic mass is 9.80. The number of aliphatic carboxylic acids is 1. The van der Waals surface area contributed by atoms with Crippen molar-refractivity contribution in [2.24, 2.45) is 0 Å². The number of ether oxygens (including phenoxy) is 2. The Balaban J connectivity index is 1.46. The van der Waals surface area contributed by atoms with Crippen molar-refractivity contribution in [2.75, 3.05) is 13.7 Å². The largest absolute Gasteiger partial charge is 0.496 e. The maximum atomic E-state index is 12.1. The van der Waals surface area contributed by atoms with E-state index in [1.165, 1.54) is 5.56 Å². The summed E-state index contributed by atoms with van der Waals surface area (Å²) in [6, 6.07) is 18.0. The second-order valence-corrected chi connectivity index (χ2v) is 10.8. The van der Waals surface area contributed by atoms with Crippen molar-refractivity contribution in [3.63, 3.8) is 0 Å². The Hall–Kier alpha value is -3.75. The highest BCUT2D eigenvalue weighted by molar-refractivity contribution is 5.80. The molecule has 2 unspecified atom stereocenters. The SMILES string of the molecule is CCc1c(C(CC(=O)O)c2ccc3c(nnn3CCCCCCOCc3ccccc3)c2C)ccc(OC)c1C(C)O. The Bertz CT molecular complexity index is 1470. The number of aliphatic hydroxyl groups is 1. The van der Waals surface area contributed by atoms with E-state index in [9.17, 15) is 15.0 Å². The highest BCUT2D eigenvalue weighted by Gasteiger charge is 2.27. The van der Waals surface area contributed by atoms with Crippen LogP contribution in [0.15, 0.2) is 54.6 Å². The highest BCUT2D eigenvalue weighted by atomic mass is 16.5. The molecule has 0 aliphatic carbocycles. The fourth-order valence-electron chi connectivity index (χ4n) is 5.89. The molecule has 0 fully saturated rings. The minimum absolute atomic E-state index is 0.0753. The van der Waals surface area contributed by atoms with Crippen LogP contribution in [-0.2, 0) is 29.1 Å². The first kappa shape index (κ1) is 31.2. The van der Waals surface area contributed by atoms with E-state index in [1.807, 2.05) is 61.0 Å². The van der Waals surface area contributed by atoms with Gasteiger partial charge in [-0.25, -0.2) is 4.68 Å². The lowest BCUT2D eigenvalue weighted by Gasteiger charge is -2.25. The number of carboxylic acids is 1. The molecule has 1 heterocycles. The second-order valence-electron chi connectivity index (χ2n) is 10.8. The van der Waals surface area contributed by atoms with Gasteiger partial charge in [-0.1, -0.05) is 67.4 Å². The van der Waals surface area contributed by atoms with Crippen LogP contribution >= 0.6 is 0 Å². The Morgan fingerprint density at radius 2 is 1.74 bits per heavy atom. The van der Waals surface area contributed by atoms with Gasteiger partial charge in [0.25, 0.3) is 0 Å². The number of benzene rings is 3. The molecule has 0 saturated carbocycles. The van der Waals surface area contributed by atoms with E-state index in [-0.39, 0.29) is 6.42 Å². The zero-order valence-electron chi connectivity index (χ0n) is 25.2. The Labute approximate surface area is 248 Å². The highest BCUT2D eigenvalue weighted by Crippen LogP contribution is 2.40. The molecule has 8 heteroatoms.